The maximum absolute atomic E-state index is 12.6. The Bertz CT molecular complexity index is 906. The fourth-order valence-corrected chi connectivity index (χ4v) is 3.72. The van der Waals surface area contributed by atoms with Crippen molar-refractivity contribution < 1.29 is 14.3 Å². The van der Waals surface area contributed by atoms with Gasteiger partial charge in [0.2, 0.25) is 0 Å². The number of ether oxygens (including phenoxy) is 1. The van der Waals surface area contributed by atoms with Crippen LogP contribution in [0, 0.1) is 6.92 Å². The molecule has 154 valence electrons. The van der Waals surface area contributed by atoms with E-state index in [0.29, 0.717) is 12.2 Å². The third-order valence-electron chi connectivity index (χ3n) is 4.99. The minimum absolute atomic E-state index is 0.163. The van der Waals surface area contributed by atoms with Crippen LogP contribution in [0.2, 0.25) is 5.15 Å². The molecular weight excluding hydrogens is 390 g/mol. The van der Waals surface area contributed by atoms with Crippen LogP contribution < -0.4 is 5.32 Å². The zero-order valence-electron chi connectivity index (χ0n) is 16.8. The number of nitrogens with zero attached hydrogens (tertiary/aromatic N) is 2. The van der Waals surface area contributed by atoms with E-state index >= 15 is 0 Å². The second-order valence-electron chi connectivity index (χ2n) is 7.20. The minimum Gasteiger partial charge on any atom is -0.449 e. The Morgan fingerprint density at radius 3 is 2.72 bits per heavy atom. The van der Waals surface area contributed by atoms with Crippen molar-refractivity contribution in [2.24, 2.45) is 0 Å². The summed E-state index contributed by atoms with van der Waals surface area (Å²) in [5, 5.41) is 7.33. The largest absolute Gasteiger partial charge is 0.449 e. The van der Waals surface area contributed by atoms with Gasteiger partial charge in [-0.2, -0.15) is 5.10 Å². The number of carbonyl (C=O) groups is 2. The van der Waals surface area contributed by atoms with Gasteiger partial charge in [-0.25, -0.2) is 9.48 Å². The molecule has 0 aliphatic heterocycles. The maximum atomic E-state index is 12.6. The topological polar surface area (TPSA) is 73.2 Å². The van der Waals surface area contributed by atoms with Gasteiger partial charge in [-0.3, -0.25) is 4.79 Å². The Morgan fingerprint density at radius 1 is 1.28 bits per heavy atom. The lowest BCUT2D eigenvalue weighted by Crippen LogP contribution is -2.36. The summed E-state index contributed by atoms with van der Waals surface area (Å²) in [7, 11) is 0. The first kappa shape index (κ1) is 21.1. The zero-order chi connectivity index (χ0) is 20.8. The molecule has 0 radical (unpaired) electrons. The van der Waals surface area contributed by atoms with E-state index < -0.39 is 12.1 Å². The number of hydrogen-bond donors (Lipinski definition) is 1. The Balaban J connectivity index is 1.58. The normalized spacial score (nSPS) is 14.8. The van der Waals surface area contributed by atoms with Crippen LogP contribution in [0.25, 0.3) is 5.69 Å². The maximum Gasteiger partial charge on any atom is 0.344 e. The van der Waals surface area contributed by atoms with E-state index in [9.17, 15) is 9.59 Å². The van der Waals surface area contributed by atoms with E-state index in [1.807, 2.05) is 30.3 Å². The van der Waals surface area contributed by atoms with E-state index in [1.54, 1.807) is 13.8 Å². The molecule has 2 aromatic rings. The van der Waals surface area contributed by atoms with Crippen molar-refractivity contribution in [3.8, 4) is 5.69 Å². The van der Waals surface area contributed by atoms with Crippen molar-refractivity contribution in [2.45, 2.75) is 52.1 Å². The summed E-state index contributed by atoms with van der Waals surface area (Å²) in [5.74, 6) is -0.980. The van der Waals surface area contributed by atoms with Gasteiger partial charge in [0.05, 0.1) is 11.4 Å². The molecule has 1 aromatic carbocycles. The Morgan fingerprint density at radius 2 is 2.03 bits per heavy atom. The van der Waals surface area contributed by atoms with Crippen LogP contribution in [0.1, 0.15) is 55.1 Å². The quantitative estimate of drug-likeness (QED) is 0.537. The lowest BCUT2D eigenvalue weighted by atomic mass is 9.97. The first-order valence-electron chi connectivity index (χ1n) is 9.94. The third kappa shape index (κ3) is 5.26. The molecule has 0 saturated carbocycles. The molecule has 1 aromatic heterocycles. The summed E-state index contributed by atoms with van der Waals surface area (Å²) in [5.41, 5.74) is 2.74. The van der Waals surface area contributed by atoms with E-state index in [4.69, 9.17) is 16.3 Å². The summed E-state index contributed by atoms with van der Waals surface area (Å²) in [6.45, 7) is 3.78. The van der Waals surface area contributed by atoms with Crippen molar-refractivity contribution in [2.75, 3.05) is 6.54 Å². The molecule has 1 aliphatic carbocycles. The van der Waals surface area contributed by atoms with Crippen molar-refractivity contribution in [3.05, 3.63) is 58.4 Å². The number of rotatable bonds is 7. The molecule has 29 heavy (non-hydrogen) atoms. The van der Waals surface area contributed by atoms with Crippen LogP contribution in [0.15, 0.2) is 42.0 Å². The highest BCUT2D eigenvalue weighted by Gasteiger charge is 2.26. The zero-order valence-corrected chi connectivity index (χ0v) is 17.5. The van der Waals surface area contributed by atoms with E-state index in [0.717, 1.165) is 24.9 Å². The van der Waals surface area contributed by atoms with E-state index in [-0.39, 0.29) is 16.6 Å². The summed E-state index contributed by atoms with van der Waals surface area (Å²) in [6.07, 6.45) is 6.85. The molecule has 1 amide bonds. The monoisotopic (exact) mass is 415 g/mol. The van der Waals surface area contributed by atoms with E-state index in [1.165, 1.54) is 23.1 Å². The van der Waals surface area contributed by atoms with Gasteiger partial charge < -0.3 is 10.1 Å². The Kier molecular flexibility index (Phi) is 7.09. The number of hydrogen-bond acceptors (Lipinski definition) is 4. The van der Waals surface area contributed by atoms with Crippen LogP contribution in [0.5, 0.6) is 0 Å². The minimum atomic E-state index is -0.918. The van der Waals surface area contributed by atoms with Crippen molar-refractivity contribution in [3.63, 3.8) is 0 Å². The summed E-state index contributed by atoms with van der Waals surface area (Å²) in [4.78, 5) is 24.9. The van der Waals surface area contributed by atoms with Gasteiger partial charge in [0.1, 0.15) is 10.7 Å². The van der Waals surface area contributed by atoms with Gasteiger partial charge in [0.25, 0.3) is 5.91 Å². The van der Waals surface area contributed by atoms with Crippen LogP contribution in [-0.2, 0) is 9.53 Å². The predicted octanol–water partition coefficient (Wildman–Crippen LogP) is 4.39. The number of halogens is 1. The highest BCUT2D eigenvalue weighted by atomic mass is 35.5. The second-order valence-corrected chi connectivity index (χ2v) is 7.55. The molecule has 1 heterocycles. The Hall–Kier alpha value is -2.60. The molecule has 1 aliphatic rings. The van der Waals surface area contributed by atoms with Crippen LogP contribution in [0.4, 0.5) is 0 Å². The average molecular weight is 416 g/mol. The van der Waals surface area contributed by atoms with Gasteiger partial charge in [0.15, 0.2) is 6.10 Å². The van der Waals surface area contributed by atoms with Gasteiger partial charge in [0, 0.05) is 6.54 Å². The molecule has 0 fully saturated rings. The smallest absolute Gasteiger partial charge is 0.344 e. The molecule has 3 rings (SSSR count). The molecule has 7 heteroatoms. The number of para-hydroxylation sites is 1. The lowest BCUT2D eigenvalue weighted by molar-refractivity contribution is -0.129. The van der Waals surface area contributed by atoms with Gasteiger partial charge in [-0.15, -0.1) is 0 Å². The van der Waals surface area contributed by atoms with Crippen LogP contribution >= 0.6 is 11.6 Å². The lowest BCUT2D eigenvalue weighted by Gasteiger charge is -2.15. The summed E-state index contributed by atoms with van der Waals surface area (Å²) < 4.78 is 6.83. The van der Waals surface area contributed by atoms with Gasteiger partial charge in [-0.05, 0) is 58.1 Å². The number of aromatic nitrogens is 2. The van der Waals surface area contributed by atoms with Crippen LogP contribution in [-0.4, -0.2) is 34.3 Å². The fraction of sp³-hybridized carbons (Fsp3) is 0.409. The number of aryl methyl sites for hydroxylation is 1. The van der Waals surface area contributed by atoms with Crippen LogP contribution in [0.3, 0.4) is 0 Å². The molecule has 0 spiro atoms. The molecule has 0 saturated heterocycles. The molecule has 1 N–H and O–H groups in total. The first-order valence-corrected chi connectivity index (χ1v) is 10.3. The molecule has 0 bridgehead atoms. The number of nitrogens with one attached hydrogen (secondary N) is 1. The SMILES string of the molecule is Cc1nn(-c2ccccc2)c(Cl)c1C(=O)O[C@H](C)C(=O)NCCC1=CCCCC1. The molecular formula is C22H26ClN3O3. The fourth-order valence-electron chi connectivity index (χ4n) is 3.37. The summed E-state index contributed by atoms with van der Waals surface area (Å²) >= 11 is 6.38. The second kappa shape index (κ2) is 9.74. The average Bonchev–Trinajstić information content (AvgIpc) is 3.03. The third-order valence-corrected chi connectivity index (χ3v) is 5.34. The number of allylic oxidation sites excluding steroid dienone is 1. The summed E-state index contributed by atoms with van der Waals surface area (Å²) in [6, 6.07) is 9.28. The molecule has 1 atom stereocenters. The first-order chi connectivity index (χ1) is 14.0. The van der Waals surface area contributed by atoms with Crippen molar-refractivity contribution >= 4 is 23.5 Å². The highest BCUT2D eigenvalue weighted by Crippen LogP contribution is 2.24. The van der Waals surface area contributed by atoms with E-state index in [2.05, 4.69) is 16.5 Å². The van der Waals surface area contributed by atoms with Gasteiger partial charge >= 0.3 is 5.97 Å². The standard InChI is InChI=1S/C22H26ClN3O3/c1-15-19(20(23)26(25-15)18-11-7-4-8-12-18)22(28)29-16(2)21(27)24-14-13-17-9-5-3-6-10-17/h4,7-9,11-12,16H,3,5-6,10,13-14H2,1-2H3,(H,24,27)/t16-/m1/s1. The van der Waals surface area contributed by atoms with Gasteiger partial charge in [-0.1, -0.05) is 41.4 Å². The number of benzene rings is 1. The Labute approximate surface area is 175 Å². The number of amides is 1. The number of esters is 1. The van der Waals surface area contributed by atoms with Crippen molar-refractivity contribution in [1.29, 1.82) is 0 Å². The molecule has 6 nitrogen and oxygen atoms in total. The molecule has 0 unspecified atom stereocenters. The van der Waals surface area contributed by atoms with Crippen molar-refractivity contribution in [1.82, 2.24) is 15.1 Å². The number of carbonyl (C=O) groups excluding carboxylic acids is 2. The predicted molar refractivity (Wildman–Crippen MR) is 112 cm³/mol. The highest BCUT2D eigenvalue weighted by molar-refractivity contribution is 6.33.